The molecule has 0 aromatic heterocycles. The van der Waals surface area contributed by atoms with Gasteiger partial charge in [-0.15, -0.1) is 13.2 Å². The number of hydrogen-bond acceptors (Lipinski definition) is 2. The summed E-state index contributed by atoms with van der Waals surface area (Å²) in [5.74, 6) is -0.216. The molecule has 0 radical (unpaired) electrons. The van der Waals surface area contributed by atoms with Crippen molar-refractivity contribution < 1.29 is 22.3 Å². The Morgan fingerprint density at radius 3 is 2.14 bits per heavy atom. The Morgan fingerprint density at radius 2 is 1.71 bits per heavy atom. The molecule has 0 heterocycles. The highest BCUT2D eigenvalue weighted by Gasteiger charge is 2.36. The molecule has 2 nitrogen and oxygen atoms in total. The Balaban J connectivity index is 3.30. The van der Waals surface area contributed by atoms with Gasteiger partial charge in [0.2, 0.25) is 0 Å². The number of ether oxygens (including phenoxy) is 1. The Kier molecular flexibility index (Phi) is 5.91. The number of rotatable bonds is 4. The van der Waals surface area contributed by atoms with Crippen molar-refractivity contribution in [2.24, 2.45) is 5.41 Å². The number of hydrogen-bond donors (Lipinski definition) is 0. The molecule has 120 valence electrons. The van der Waals surface area contributed by atoms with Crippen LogP contribution in [0.2, 0.25) is 13.1 Å². The molecule has 0 saturated carbocycles. The molecule has 0 aliphatic carbocycles. The van der Waals surface area contributed by atoms with Crippen molar-refractivity contribution in [2.45, 2.75) is 46.3 Å². The average molecular weight is 385 g/mol. The zero-order valence-electron chi connectivity index (χ0n) is 12.7. The Hall–Kier alpha value is -0.533. The van der Waals surface area contributed by atoms with Gasteiger partial charge in [-0.05, 0) is 30.6 Å². The summed E-state index contributed by atoms with van der Waals surface area (Å²) in [5, 5.41) is 0. The first kappa shape index (κ1) is 18.5. The van der Waals surface area contributed by atoms with Gasteiger partial charge >= 0.3 is 6.36 Å². The summed E-state index contributed by atoms with van der Waals surface area (Å²) in [6.45, 7) is 9.79. The Morgan fingerprint density at radius 1 is 1.14 bits per heavy atom. The smallest absolute Gasteiger partial charge is 0.413 e. The minimum atomic E-state index is -4.73. The van der Waals surface area contributed by atoms with Crippen molar-refractivity contribution in [3.8, 4) is 5.75 Å². The minimum absolute atomic E-state index is 0.216. The average Bonchev–Trinajstić information content (AvgIpc) is 2.22. The number of alkyl halides is 3. The largest absolute Gasteiger partial charge is 0.573 e. The topological polar surface area (TPSA) is 18.5 Å². The standard InChI is InChI=1S/C14H20BrF3O2Si/c1-13(2,3)12(20-21(4)5)10-7-6-9(15)8-11(10)19-14(16,17)18/h6-8,12,21H,1-5H3. The van der Waals surface area contributed by atoms with Gasteiger partial charge < -0.3 is 9.16 Å². The van der Waals surface area contributed by atoms with Gasteiger partial charge in [0.05, 0.1) is 6.10 Å². The summed E-state index contributed by atoms with van der Waals surface area (Å²) in [6.07, 6.45) is -5.18. The monoisotopic (exact) mass is 384 g/mol. The van der Waals surface area contributed by atoms with E-state index in [4.69, 9.17) is 4.43 Å². The van der Waals surface area contributed by atoms with Gasteiger partial charge in [-0.3, -0.25) is 0 Å². The molecule has 0 bridgehead atoms. The SMILES string of the molecule is C[SiH](C)OC(c1ccc(Br)cc1OC(F)(F)F)C(C)(C)C. The summed E-state index contributed by atoms with van der Waals surface area (Å²) in [5.41, 5.74) is 0.0821. The third-order valence-corrected chi connectivity index (χ3v) is 3.99. The van der Waals surface area contributed by atoms with Crippen molar-refractivity contribution in [3.63, 3.8) is 0 Å². The molecule has 0 amide bonds. The van der Waals surface area contributed by atoms with E-state index in [9.17, 15) is 13.2 Å². The summed E-state index contributed by atoms with van der Waals surface area (Å²) in [7, 11) is -1.43. The summed E-state index contributed by atoms with van der Waals surface area (Å²) < 4.78 is 48.5. The van der Waals surface area contributed by atoms with E-state index in [0.29, 0.717) is 10.0 Å². The molecular formula is C14H20BrF3O2Si. The van der Waals surface area contributed by atoms with Crippen LogP contribution in [0.5, 0.6) is 5.75 Å². The van der Waals surface area contributed by atoms with E-state index in [0.717, 1.165) is 0 Å². The summed E-state index contributed by atoms with van der Waals surface area (Å²) in [6, 6.07) is 4.65. The van der Waals surface area contributed by atoms with Gasteiger partial charge in [0.25, 0.3) is 0 Å². The molecular weight excluding hydrogens is 365 g/mol. The highest BCUT2D eigenvalue weighted by atomic mass is 79.9. The normalized spacial score (nSPS) is 14.4. The van der Waals surface area contributed by atoms with Crippen LogP contribution in [-0.4, -0.2) is 15.4 Å². The fourth-order valence-electron chi connectivity index (χ4n) is 1.95. The summed E-state index contributed by atoms with van der Waals surface area (Å²) in [4.78, 5) is 0. The van der Waals surface area contributed by atoms with Crippen LogP contribution in [0.3, 0.4) is 0 Å². The second-order valence-corrected chi connectivity index (χ2v) is 9.45. The van der Waals surface area contributed by atoms with Gasteiger partial charge in [0.15, 0.2) is 9.04 Å². The van der Waals surface area contributed by atoms with Crippen molar-refractivity contribution >= 4 is 25.0 Å². The van der Waals surface area contributed by atoms with Crippen molar-refractivity contribution in [2.75, 3.05) is 0 Å². The number of benzene rings is 1. The van der Waals surface area contributed by atoms with Crippen LogP contribution in [-0.2, 0) is 4.43 Å². The molecule has 0 spiro atoms. The molecule has 0 fully saturated rings. The Labute approximate surface area is 133 Å². The molecule has 0 saturated heterocycles. The minimum Gasteiger partial charge on any atom is -0.413 e. The lowest BCUT2D eigenvalue weighted by atomic mass is 9.84. The van der Waals surface area contributed by atoms with Crippen LogP contribution in [0.1, 0.15) is 32.4 Å². The van der Waals surface area contributed by atoms with Gasteiger partial charge in [0.1, 0.15) is 5.75 Å². The molecule has 1 unspecified atom stereocenters. The molecule has 1 aromatic rings. The van der Waals surface area contributed by atoms with Crippen LogP contribution < -0.4 is 4.74 Å². The summed E-state index contributed by atoms with van der Waals surface area (Å²) >= 11 is 3.17. The Bertz CT molecular complexity index is 484. The highest BCUT2D eigenvalue weighted by molar-refractivity contribution is 9.10. The lowest BCUT2D eigenvalue weighted by Crippen LogP contribution is -2.27. The third kappa shape index (κ3) is 6.00. The first-order valence-electron chi connectivity index (χ1n) is 6.61. The molecule has 21 heavy (non-hydrogen) atoms. The maximum absolute atomic E-state index is 12.6. The van der Waals surface area contributed by atoms with E-state index in [1.807, 2.05) is 33.9 Å². The molecule has 1 rings (SSSR count). The van der Waals surface area contributed by atoms with Crippen molar-refractivity contribution in [1.29, 1.82) is 0 Å². The quantitative estimate of drug-likeness (QED) is 0.643. The van der Waals surface area contributed by atoms with E-state index in [2.05, 4.69) is 20.7 Å². The second kappa shape index (κ2) is 6.70. The maximum Gasteiger partial charge on any atom is 0.573 e. The zero-order chi connectivity index (χ0) is 16.4. The van der Waals surface area contributed by atoms with E-state index in [1.165, 1.54) is 6.07 Å². The molecule has 0 aliphatic rings. The molecule has 0 N–H and O–H groups in total. The fraction of sp³-hybridized carbons (Fsp3) is 0.571. The molecule has 1 atom stereocenters. The van der Waals surface area contributed by atoms with Gasteiger partial charge in [-0.2, -0.15) is 0 Å². The molecule has 1 aromatic carbocycles. The highest BCUT2D eigenvalue weighted by Crippen LogP contribution is 2.42. The third-order valence-electron chi connectivity index (χ3n) is 2.68. The van der Waals surface area contributed by atoms with Crippen LogP contribution in [0.25, 0.3) is 0 Å². The second-order valence-electron chi connectivity index (χ2n) is 6.16. The molecule has 0 aliphatic heterocycles. The van der Waals surface area contributed by atoms with E-state index in [-0.39, 0.29) is 11.2 Å². The number of halogens is 4. The first-order valence-corrected chi connectivity index (χ1v) is 10.2. The van der Waals surface area contributed by atoms with Crippen LogP contribution in [0.15, 0.2) is 22.7 Å². The molecule has 7 heteroatoms. The lowest BCUT2D eigenvalue weighted by Gasteiger charge is -2.34. The van der Waals surface area contributed by atoms with Crippen LogP contribution in [0.4, 0.5) is 13.2 Å². The maximum atomic E-state index is 12.6. The van der Waals surface area contributed by atoms with Gasteiger partial charge in [-0.25, -0.2) is 0 Å². The van der Waals surface area contributed by atoms with Crippen molar-refractivity contribution in [1.82, 2.24) is 0 Å². The predicted octanol–water partition coefficient (Wildman–Crippen LogP) is 5.43. The lowest BCUT2D eigenvalue weighted by molar-refractivity contribution is -0.275. The van der Waals surface area contributed by atoms with Gasteiger partial charge in [0, 0.05) is 10.0 Å². The zero-order valence-corrected chi connectivity index (χ0v) is 15.5. The van der Waals surface area contributed by atoms with E-state index in [1.54, 1.807) is 12.1 Å². The van der Waals surface area contributed by atoms with Gasteiger partial charge in [-0.1, -0.05) is 42.8 Å². The van der Waals surface area contributed by atoms with E-state index >= 15 is 0 Å². The first-order chi connectivity index (χ1) is 9.40. The predicted molar refractivity (Wildman–Crippen MR) is 83.0 cm³/mol. The van der Waals surface area contributed by atoms with Crippen LogP contribution >= 0.6 is 15.9 Å². The van der Waals surface area contributed by atoms with Crippen molar-refractivity contribution in [3.05, 3.63) is 28.2 Å². The van der Waals surface area contributed by atoms with Crippen LogP contribution in [0, 0.1) is 5.41 Å². The van der Waals surface area contributed by atoms with E-state index < -0.39 is 21.5 Å². The fourth-order valence-corrected chi connectivity index (χ4v) is 3.39.